The van der Waals surface area contributed by atoms with Gasteiger partial charge < -0.3 is 19.5 Å². The lowest BCUT2D eigenvalue weighted by molar-refractivity contribution is -0.123. The molecule has 3 heterocycles. The lowest BCUT2D eigenvalue weighted by Gasteiger charge is -2.12. The highest BCUT2D eigenvalue weighted by atomic mass is 16.6. The third kappa shape index (κ3) is 3.03. The van der Waals surface area contributed by atoms with Gasteiger partial charge in [-0.15, -0.1) is 0 Å². The maximum Gasteiger partial charge on any atom is 0.375 e. The number of aryl methyl sites for hydroxylation is 1. The number of ether oxygens (including phenoxy) is 1. The maximum atomic E-state index is 12.1. The molecular weight excluding hydrogens is 302 g/mol. The molecule has 0 fully saturated rings. The fourth-order valence-corrected chi connectivity index (χ4v) is 1.89. The first-order chi connectivity index (χ1) is 11.0. The molecule has 0 aliphatic rings. The molecule has 1 atom stereocenters. The van der Waals surface area contributed by atoms with E-state index < -0.39 is 18.0 Å². The van der Waals surface area contributed by atoms with E-state index in [1.165, 1.54) is 25.6 Å². The summed E-state index contributed by atoms with van der Waals surface area (Å²) in [6.07, 6.45) is 1.69. The minimum atomic E-state index is -1.03. The molecule has 0 spiro atoms. The van der Waals surface area contributed by atoms with Gasteiger partial charge in [-0.1, -0.05) is 0 Å². The molecule has 0 bridgehead atoms. The fourth-order valence-electron chi connectivity index (χ4n) is 1.89. The molecule has 3 rings (SSSR count). The highest BCUT2D eigenvalue weighted by molar-refractivity contribution is 6.00. The molecule has 1 amide bonds. The molecule has 0 aliphatic heterocycles. The Balaban J connectivity index is 1.68. The predicted octanol–water partition coefficient (Wildman–Crippen LogP) is 1.44. The van der Waals surface area contributed by atoms with Crippen molar-refractivity contribution in [2.24, 2.45) is 0 Å². The zero-order valence-electron chi connectivity index (χ0n) is 12.4. The van der Waals surface area contributed by atoms with Crippen LogP contribution in [0, 0.1) is 6.92 Å². The van der Waals surface area contributed by atoms with E-state index in [4.69, 9.17) is 9.15 Å². The van der Waals surface area contributed by atoms with Crippen molar-refractivity contribution < 1.29 is 18.7 Å². The smallest absolute Gasteiger partial charge is 0.375 e. The Hall–Kier alpha value is -3.23. The van der Waals surface area contributed by atoms with Gasteiger partial charge in [-0.2, -0.15) is 0 Å². The van der Waals surface area contributed by atoms with Crippen LogP contribution in [0.4, 0.5) is 5.82 Å². The van der Waals surface area contributed by atoms with Crippen LogP contribution in [-0.2, 0) is 9.53 Å². The second kappa shape index (κ2) is 5.87. The number of aromatic amines is 1. The van der Waals surface area contributed by atoms with Crippen LogP contribution in [0.2, 0.25) is 0 Å². The monoisotopic (exact) mass is 315 g/mol. The SMILES string of the molecule is Cc1ccc(C(=O)O[C@@H](C)C(=O)Nc2ncnc3nc[nH]c23)o1. The van der Waals surface area contributed by atoms with E-state index in [0.717, 1.165) is 0 Å². The van der Waals surface area contributed by atoms with Crippen molar-refractivity contribution in [2.75, 3.05) is 5.32 Å². The van der Waals surface area contributed by atoms with E-state index >= 15 is 0 Å². The van der Waals surface area contributed by atoms with Crippen molar-refractivity contribution in [3.05, 3.63) is 36.3 Å². The van der Waals surface area contributed by atoms with Gasteiger partial charge in [-0.25, -0.2) is 19.7 Å². The van der Waals surface area contributed by atoms with Gasteiger partial charge in [0.25, 0.3) is 5.91 Å². The number of amides is 1. The van der Waals surface area contributed by atoms with E-state index in [2.05, 4.69) is 25.3 Å². The number of imidazole rings is 1. The Bertz CT molecular complexity index is 869. The average molecular weight is 315 g/mol. The molecule has 23 heavy (non-hydrogen) atoms. The number of anilines is 1. The maximum absolute atomic E-state index is 12.1. The molecule has 3 aromatic rings. The Morgan fingerprint density at radius 3 is 2.87 bits per heavy atom. The number of carbonyl (C=O) groups excluding carboxylic acids is 2. The number of hydrogen-bond donors (Lipinski definition) is 2. The summed E-state index contributed by atoms with van der Waals surface area (Å²) in [6, 6.07) is 3.12. The summed E-state index contributed by atoms with van der Waals surface area (Å²) in [6.45, 7) is 3.16. The highest BCUT2D eigenvalue weighted by Crippen LogP contribution is 2.15. The van der Waals surface area contributed by atoms with Crippen molar-refractivity contribution in [3.63, 3.8) is 0 Å². The molecule has 118 valence electrons. The molecular formula is C14H13N5O4. The van der Waals surface area contributed by atoms with Crippen molar-refractivity contribution in [3.8, 4) is 0 Å². The number of nitrogens with one attached hydrogen (secondary N) is 2. The number of H-pyrrole nitrogens is 1. The van der Waals surface area contributed by atoms with Crippen molar-refractivity contribution in [2.45, 2.75) is 20.0 Å². The van der Waals surface area contributed by atoms with Gasteiger partial charge in [-0.05, 0) is 26.0 Å². The van der Waals surface area contributed by atoms with Gasteiger partial charge in [-0.3, -0.25) is 4.79 Å². The standard InChI is InChI=1S/C14H13N5O4/c1-7-3-4-9(22-7)14(21)23-8(2)13(20)19-12-10-11(16-5-15-10)17-6-18-12/h3-6,8H,1-2H3,(H2,15,16,17,18,19,20)/t8-/m0/s1. The molecule has 3 aromatic heterocycles. The first kappa shape index (κ1) is 14.7. The summed E-state index contributed by atoms with van der Waals surface area (Å²) >= 11 is 0. The number of carbonyl (C=O) groups is 2. The summed E-state index contributed by atoms with van der Waals surface area (Å²) in [7, 11) is 0. The zero-order chi connectivity index (χ0) is 16.4. The number of fused-ring (bicyclic) bond motifs is 1. The molecule has 2 N–H and O–H groups in total. The normalized spacial score (nSPS) is 12.1. The number of nitrogens with zero attached hydrogens (tertiary/aromatic N) is 3. The fraction of sp³-hybridized carbons (Fsp3) is 0.214. The quantitative estimate of drug-likeness (QED) is 0.698. The number of furan rings is 1. The van der Waals surface area contributed by atoms with Crippen LogP contribution >= 0.6 is 0 Å². The summed E-state index contributed by atoms with van der Waals surface area (Å²) in [4.78, 5) is 38.7. The molecule has 0 aromatic carbocycles. The highest BCUT2D eigenvalue weighted by Gasteiger charge is 2.22. The van der Waals surface area contributed by atoms with Crippen molar-refractivity contribution in [1.29, 1.82) is 0 Å². The number of aromatic nitrogens is 4. The Morgan fingerprint density at radius 1 is 1.30 bits per heavy atom. The summed E-state index contributed by atoms with van der Waals surface area (Å²) in [5, 5.41) is 2.56. The van der Waals surface area contributed by atoms with Crippen LogP contribution < -0.4 is 5.32 Å². The summed E-state index contributed by atoms with van der Waals surface area (Å²) in [5.41, 5.74) is 0.909. The van der Waals surface area contributed by atoms with Crippen LogP contribution in [0.3, 0.4) is 0 Å². The molecule has 0 saturated heterocycles. The number of esters is 1. The van der Waals surface area contributed by atoms with Crippen LogP contribution in [0.15, 0.2) is 29.2 Å². The van der Waals surface area contributed by atoms with Crippen LogP contribution in [0.25, 0.3) is 11.2 Å². The first-order valence-electron chi connectivity index (χ1n) is 6.77. The number of rotatable bonds is 4. The first-order valence-corrected chi connectivity index (χ1v) is 6.77. The van der Waals surface area contributed by atoms with Gasteiger partial charge in [0.2, 0.25) is 5.76 Å². The molecule has 9 nitrogen and oxygen atoms in total. The van der Waals surface area contributed by atoms with Crippen LogP contribution in [0.1, 0.15) is 23.2 Å². The lowest BCUT2D eigenvalue weighted by Crippen LogP contribution is -2.30. The van der Waals surface area contributed by atoms with E-state index in [1.807, 2.05) is 0 Å². The Kier molecular flexibility index (Phi) is 3.75. The van der Waals surface area contributed by atoms with Crippen LogP contribution in [0.5, 0.6) is 0 Å². The Morgan fingerprint density at radius 2 is 2.13 bits per heavy atom. The lowest BCUT2D eigenvalue weighted by atomic mass is 10.3. The molecule has 9 heteroatoms. The minimum Gasteiger partial charge on any atom is -0.454 e. The third-order valence-corrected chi connectivity index (χ3v) is 3.06. The minimum absolute atomic E-state index is 0.0418. The molecule has 0 aliphatic carbocycles. The number of hydrogen-bond acceptors (Lipinski definition) is 7. The van der Waals surface area contributed by atoms with Gasteiger partial charge in [0.05, 0.1) is 6.33 Å². The average Bonchev–Trinajstić information content (AvgIpc) is 3.16. The molecule has 0 radical (unpaired) electrons. The van der Waals surface area contributed by atoms with Gasteiger partial charge >= 0.3 is 5.97 Å². The van der Waals surface area contributed by atoms with E-state index in [1.54, 1.807) is 13.0 Å². The van der Waals surface area contributed by atoms with Gasteiger partial charge in [0, 0.05) is 0 Å². The zero-order valence-corrected chi connectivity index (χ0v) is 12.4. The third-order valence-electron chi connectivity index (χ3n) is 3.06. The largest absolute Gasteiger partial charge is 0.454 e. The summed E-state index contributed by atoms with van der Waals surface area (Å²) < 4.78 is 10.2. The van der Waals surface area contributed by atoms with E-state index in [9.17, 15) is 9.59 Å². The Labute approximate surface area is 130 Å². The van der Waals surface area contributed by atoms with Gasteiger partial charge in [0.15, 0.2) is 17.6 Å². The van der Waals surface area contributed by atoms with E-state index in [0.29, 0.717) is 16.9 Å². The van der Waals surface area contributed by atoms with Crippen molar-refractivity contribution in [1.82, 2.24) is 19.9 Å². The second-order valence-electron chi connectivity index (χ2n) is 4.77. The predicted molar refractivity (Wildman–Crippen MR) is 78.6 cm³/mol. The second-order valence-corrected chi connectivity index (χ2v) is 4.77. The van der Waals surface area contributed by atoms with Crippen LogP contribution in [-0.4, -0.2) is 37.9 Å². The van der Waals surface area contributed by atoms with Gasteiger partial charge in [0.1, 0.15) is 17.6 Å². The van der Waals surface area contributed by atoms with Crippen molar-refractivity contribution >= 4 is 28.9 Å². The molecule has 0 saturated carbocycles. The summed E-state index contributed by atoms with van der Waals surface area (Å²) in [5.74, 6) is -0.364. The topological polar surface area (TPSA) is 123 Å². The van der Waals surface area contributed by atoms with E-state index in [-0.39, 0.29) is 11.6 Å². The molecule has 0 unspecified atom stereocenters.